The smallest absolute Gasteiger partial charge is 0.428 e. The van der Waals surface area contributed by atoms with E-state index in [1.54, 1.807) is 0 Å². The highest BCUT2D eigenvalue weighted by atomic mass is 19.4. The van der Waals surface area contributed by atoms with Gasteiger partial charge in [-0.1, -0.05) is 0 Å². The summed E-state index contributed by atoms with van der Waals surface area (Å²) in [5, 5.41) is 0. The zero-order chi connectivity index (χ0) is 14.1. The maximum Gasteiger partial charge on any atom is 0.461 e. The number of rotatable bonds is 3. The van der Waals surface area contributed by atoms with E-state index in [9.17, 15) is 30.7 Å². The van der Waals surface area contributed by atoms with Crippen molar-refractivity contribution < 1.29 is 35.5 Å². The lowest BCUT2D eigenvalue weighted by Gasteiger charge is -2.20. The third kappa shape index (κ3) is 3.17. The largest absolute Gasteiger partial charge is 0.461 e. The van der Waals surface area contributed by atoms with E-state index in [4.69, 9.17) is 5.73 Å². The summed E-state index contributed by atoms with van der Waals surface area (Å²) in [4.78, 5) is 0. The molecule has 0 fully saturated rings. The minimum atomic E-state index is -5.03. The van der Waals surface area contributed by atoms with Crippen molar-refractivity contribution in [3.05, 3.63) is 23.8 Å². The van der Waals surface area contributed by atoms with E-state index in [1.807, 2.05) is 0 Å². The molecule has 0 amide bonds. The SMILES string of the molecule is Nc1ccc(C(F)(F)F)c(OC(F)(F)C(F)F)c1. The van der Waals surface area contributed by atoms with Crippen molar-refractivity contribution in [1.82, 2.24) is 0 Å². The number of nitrogen functional groups attached to an aromatic ring is 1. The summed E-state index contributed by atoms with van der Waals surface area (Å²) in [6, 6.07) is 1.56. The van der Waals surface area contributed by atoms with Crippen LogP contribution in [0.1, 0.15) is 5.56 Å². The summed E-state index contributed by atoms with van der Waals surface area (Å²) < 4.78 is 89.4. The van der Waals surface area contributed by atoms with Gasteiger partial charge in [0.25, 0.3) is 0 Å². The lowest BCUT2D eigenvalue weighted by atomic mass is 10.1. The van der Waals surface area contributed by atoms with Gasteiger partial charge in [-0.25, -0.2) is 0 Å². The second-order valence-electron chi connectivity index (χ2n) is 3.22. The molecule has 0 radical (unpaired) electrons. The fourth-order valence-corrected chi connectivity index (χ4v) is 1.05. The first kappa shape index (κ1) is 14.4. The summed E-state index contributed by atoms with van der Waals surface area (Å²) in [7, 11) is 0. The first-order valence-corrected chi connectivity index (χ1v) is 4.35. The Morgan fingerprint density at radius 3 is 2.06 bits per heavy atom. The first-order chi connectivity index (χ1) is 8.04. The molecule has 0 aromatic heterocycles. The number of hydrogen-bond donors (Lipinski definition) is 1. The zero-order valence-electron chi connectivity index (χ0n) is 8.44. The number of benzene rings is 1. The van der Waals surface area contributed by atoms with Crippen molar-refractivity contribution >= 4 is 5.69 Å². The lowest BCUT2D eigenvalue weighted by Crippen LogP contribution is -2.34. The Balaban J connectivity index is 3.19. The van der Waals surface area contributed by atoms with E-state index in [1.165, 1.54) is 0 Å². The molecule has 2 N–H and O–H groups in total. The van der Waals surface area contributed by atoms with Crippen LogP contribution in [0.4, 0.5) is 36.4 Å². The fourth-order valence-electron chi connectivity index (χ4n) is 1.05. The van der Waals surface area contributed by atoms with Gasteiger partial charge in [0, 0.05) is 11.8 Å². The molecule has 0 atom stereocenters. The maximum atomic E-state index is 12.6. The fraction of sp³-hybridized carbons (Fsp3) is 0.333. The normalized spacial score (nSPS) is 12.9. The Labute approximate surface area is 96.1 Å². The molecule has 0 saturated heterocycles. The second kappa shape index (κ2) is 4.54. The third-order valence-electron chi connectivity index (χ3n) is 1.81. The van der Waals surface area contributed by atoms with Crippen LogP contribution in [0.15, 0.2) is 18.2 Å². The van der Waals surface area contributed by atoms with Gasteiger partial charge in [-0.3, -0.25) is 0 Å². The zero-order valence-corrected chi connectivity index (χ0v) is 8.44. The quantitative estimate of drug-likeness (QED) is 0.677. The molecule has 1 aromatic carbocycles. The van der Waals surface area contributed by atoms with Gasteiger partial charge < -0.3 is 10.5 Å². The number of alkyl halides is 7. The van der Waals surface area contributed by atoms with Gasteiger partial charge in [-0.05, 0) is 12.1 Å². The molecule has 9 heteroatoms. The lowest BCUT2D eigenvalue weighted by molar-refractivity contribution is -0.255. The van der Waals surface area contributed by atoms with E-state index in [2.05, 4.69) is 4.74 Å². The van der Waals surface area contributed by atoms with E-state index in [-0.39, 0.29) is 5.69 Å². The Morgan fingerprint density at radius 2 is 1.61 bits per heavy atom. The summed E-state index contributed by atoms with van der Waals surface area (Å²) in [6.07, 6.45) is -14.3. The van der Waals surface area contributed by atoms with Crippen LogP contribution < -0.4 is 10.5 Å². The molecular formula is C9H6F7NO. The molecule has 0 unspecified atom stereocenters. The summed E-state index contributed by atoms with van der Waals surface area (Å²) in [5.41, 5.74) is 3.14. The van der Waals surface area contributed by atoms with Crippen LogP contribution in [-0.4, -0.2) is 12.5 Å². The molecule has 18 heavy (non-hydrogen) atoms. The minimum absolute atomic E-state index is 0.330. The molecule has 0 aliphatic carbocycles. The molecule has 0 bridgehead atoms. The minimum Gasteiger partial charge on any atom is -0.428 e. The molecule has 0 saturated carbocycles. The molecule has 0 heterocycles. The summed E-state index contributed by atoms with van der Waals surface area (Å²) in [5.74, 6) is -1.45. The number of halogens is 7. The molecule has 1 rings (SSSR count). The van der Waals surface area contributed by atoms with Crippen LogP contribution in [0.5, 0.6) is 5.75 Å². The van der Waals surface area contributed by atoms with E-state index < -0.39 is 30.0 Å². The van der Waals surface area contributed by atoms with E-state index in [0.717, 1.165) is 6.07 Å². The van der Waals surface area contributed by atoms with Gasteiger partial charge in [0.05, 0.1) is 5.56 Å². The van der Waals surface area contributed by atoms with Gasteiger partial charge in [-0.15, -0.1) is 0 Å². The molecule has 0 spiro atoms. The van der Waals surface area contributed by atoms with Crippen LogP contribution >= 0.6 is 0 Å². The van der Waals surface area contributed by atoms with Gasteiger partial charge >= 0.3 is 18.7 Å². The molecule has 1 aromatic rings. The van der Waals surface area contributed by atoms with Crippen LogP contribution in [0, 0.1) is 0 Å². The molecule has 0 aliphatic rings. The average Bonchev–Trinajstić information content (AvgIpc) is 2.14. The summed E-state index contributed by atoms with van der Waals surface area (Å²) in [6.45, 7) is 0. The van der Waals surface area contributed by atoms with Crippen molar-refractivity contribution in [1.29, 1.82) is 0 Å². The van der Waals surface area contributed by atoms with E-state index >= 15 is 0 Å². The molecule has 2 nitrogen and oxygen atoms in total. The van der Waals surface area contributed by atoms with E-state index in [0.29, 0.717) is 12.1 Å². The van der Waals surface area contributed by atoms with Gasteiger partial charge in [0.2, 0.25) is 0 Å². The van der Waals surface area contributed by atoms with Crippen LogP contribution in [0.25, 0.3) is 0 Å². The van der Waals surface area contributed by atoms with Crippen molar-refractivity contribution in [2.75, 3.05) is 5.73 Å². The first-order valence-electron chi connectivity index (χ1n) is 4.35. The van der Waals surface area contributed by atoms with Crippen molar-refractivity contribution in [2.24, 2.45) is 0 Å². The topological polar surface area (TPSA) is 35.2 Å². The highest BCUT2D eigenvalue weighted by Gasteiger charge is 2.46. The average molecular weight is 277 g/mol. The molecular weight excluding hydrogens is 271 g/mol. The number of nitrogens with two attached hydrogens (primary N) is 1. The Hall–Kier alpha value is -1.67. The van der Waals surface area contributed by atoms with Crippen molar-refractivity contribution in [3.8, 4) is 5.75 Å². The number of hydrogen-bond acceptors (Lipinski definition) is 2. The summed E-state index contributed by atoms with van der Waals surface area (Å²) >= 11 is 0. The number of ether oxygens (including phenoxy) is 1. The third-order valence-corrected chi connectivity index (χ3v) is 1.81. The van der Waals surface area contributed by atoms with Gasteiger partial charge in [-0.2, -0.15) is 30.7 Å². The number of anilines is 1. The van der Waals surface area contributed by atoms with Gasteiger partial charge in [0.15, 0.2) is 0 Å². The maximum absolute atomic E-state index is 12.6. The highest BCUT2D eigenvalue weighted by molar-refractivity contribution is 5.49. The Kier molecular flexibility index (Phi) is 3.63. The predicted octanol–water partition coefficient (Wildman–Crippen LogP) is 3.52. The monoisotopic (exact) mass is 277 g/mol. The second-order valence-corrected chi connectivity index (χ2v) is 3.22. The Bertz CT molecular complexity index is 429. The molecule has 0 aliphatic heterocycles. The highest BCUT2D eigenvalue weighted by Crippen LogP contribution is 2.40. The standard InChI is InChI=1S/C9H6F7NO/c10-7(11)9(15,16)18-6-3-4(17)1-2-5(6)8(12,13)14/h1-3,7H,17H2. The van der Waals surface area contributed by atoms with Crippen molar-refractivity contribution in [2.45, 2.75) is 18.7 Å². The Morgan fingerprint density at radius 1 is 1.06 bits per heavy atom. The van der Waals surface area contributed by atoms with Crippen LogP contribution in [0.2, 0.25) is 0 Å². The van der Waals surface area contributed by atoms with Crippen LogP contribution in [-0.2, 0) is 6.18 Å². The van der Waals surface area contributed by atoms with Gasteiger partial charge in [0.1, 0.15) is 5.75 Å². The molecule has 102 valence electrons. The predicted molar refractivity (Wildman–Crippen MR) is 47.4 cm³/mol. The van der Waals surface area contributed by atoms with Crippen molar-refractivity contribution in [3.63, 3.8) is 0 Å². The van der Waals surface area contributed by atoms with Crippen LogP contribution in [0.3, 0.4) is 0 Å².